The van der Waals surface area contributed by atoms with Gasteiger partial charge >= 0.3 is 0 Å². The first kappa shape index (κ1) is 10.9. The van der Waals surface area contributed by atoms with Crippen molar-refractivity contribution in [2.24, 2.45) is 0 Å². The second-order valence-corrected chi connectivity index (χ2v) is 4.69. The first-order chi connectivity index (χ1) is 7.34. The van der Waals surface area contributed by atoms with Crippen molar-refractivity contribution in [2.45, 2.75) is 25.3 Å². The molecule has 3 nitrogen and oxygen atoms in total. The molecule has 0 amide bonds. The van der Waals surface area contributed by atoms with Gasteiger partial charge in [-0.05, 0) is 41.4 Å². The third-order valence-electron chi connectivity index (χ3n) is 2.55. The number of hydrogen-bond acceptors (Lipinski definition) is 3. The zero-order valence-corrected chi connectivity index (χ0v) is 10.2. The molecule has 0 spiro atoms. The van der Waals surface area contributed by atoms with Crippen LogP contribution in [0, 0.1) is 0 Å². The molecule has 1 aromatic rings. The lowest BCUT2D eigenvalue weighted by molar-refractivity contribution is 0.232. The van der Waals surface area contributed by atoms with Crippen LogP contribution in [-0.4, -0.2) is 24.2 Å². The van der Waals surface area contributed by atoms with Crippen LogP contribution in [0.25, 0.3) is 0 Å². The van der Waals surface area contributed by atoms with E-state index in [2.05, 4.69) is 26.2 Å². The summed E-state index contributed by atoms with van der Waals surface area (Å²) >= 11 is 3.34. The maximum atomic E-state index is 5.61. The van der Waals surface area contributed by atoms with E-state index in [0.29, 0.717) is 18.5 Å². The maximum Gasteiger partial charge on any atom is 0.213 e. The van der Waals surface area contributed by atoms with Gasteiger partial charge in [-0.15, -0.1) is 0 Å². The molecule has 1 atom stereocenters. The molecule has 1 saturated heterocycles. The zero-order chi connectivity index (χ0) is 10.5. The summed E-state index contributed by atoms with van der Waals surface area (Å²) in [6, 6.07) is 4.31. The van der Waals surface area contributed by atoms with E-state index in [1.54, 1.807) is 6.20 Å². The summed E-state index contributed by atoms with van der Waals surface area (Å²) in [5.41, 5.74) is 0. The second-order valence-electron chi connectivity index (χ2n) is 3.77. The molecule has 0 aliphatic carbocycles. The maximum absolute atomic E-state index is 5.61. The van der Waals surface area contributed by atoms with E-state index >= 15 is 0 Å². The number of nitrogens with one attached hydrogen (secondary N) is 1. The van der Waals surface area contributed by atoms with Crippen molar-refractivity contribution < 1.29 is 4.74 Å². The average molecular weight is 271 g/mol. The molecule has 82 valence electrons. The van der Waals surface area contributed by atoms with Crippen LogP contribution in [0.1, 0.15) is 19.3 Å². The van der Waals surface area contributed by atoms with Gasteiger partial charge in [0.1, 0.15) is 6.61 Å². The van der Waals surface area contributed by atoms with Crippen LogP contribution in [0.3, 0.4) is 0 Å². The van der Waals surface area contributed by atoms with Crippen molar-refractivity contribution in [1.29, 1.82) is 0 Å². The Balaban J connectivity index is 1.79. The highest BCUT2D eigenvalue weighted by molar-refractivity contribution is 9.10. The van der Waals surface area contributed by atoms with Crippen molar-refractivity contribution in [2.75, 3.05) is 13.2 Å². The molecule has 0 bridgehead atoms. The number of halogens is 1. The Morgan fingerprint density at radius 2 is 2.40 bits per heavy atom. The van der Waals surface area contributed by atoms with Crippen LogP contribution < -0.4 is 10.1 Å². The smallest absolute Gasteiger partial charge is 0.213 e. The fraction of sp³-hybridized carbons (Fsp3) is 0.545. The molecule has 1 aromatic heterocycles. The number of nitrogens with zero attached hydrogens (tertiary/aromatic N) is 1. The van der Waals surface area contributed by atoms with Gasteiger partial charge in [0, 0.05) is 22.8 Å². The molecule has 0 radical (unpaired) electrons. The normalized spacial score (nSPS) is 21.3. The molecule has 0 aromatic carbocycles. The van der Waals surface area contributed by atoms with Gasteiger partial charge in [0.2, 0.25) is 5.88 Å². The highest BCUT2D eigenvalue weighted by Gasteiger charge is 2.12. The Bertz CT molecular complexity index is 296. The first-order valence-electron chi connectivity index (χ1n) is 5.32. The van der Waals surface area contributed by atoms with Gasteiger partial charge in [0.15, 0.2) is 0 Å². The Kier molecular flexibility index (Phi) is 3.97. The summed E-state index contributed by atoms with van der Waals surface area (Å²) < 4.78 is 6.58. The molecule has 2 rings (SSSR count). The number of ether oxygens (including phenoxy) is 1. The fourth-order valence-electron chi connectivity index (χ4n) is 1.70. The fourth-order valence-corrected chi connectivity index (χ4v) is 1.93. The highest BCUT2D eigenvalue weighted by Crippen LogP contribution is 2.13. The van der Waals surface area contributed by atoms with Crippen molar-refractivity contribution in [3.8, 4) is 5.88 Å². The lowest BCUT2D eigenvalue weighted by Crippen LogP contribution is -2.38. The predicted molar refractivity (Wildman–Crippen MR) is 63.1 cm³/mol. The largest absolute Gasteiger partial charge is 0.476 e. The minimum atomic E-state index is 0.490. The van der Waals surface area contributed by atoms with E-state index in [0.717, 1.165) is 11.0 Å². The van der Waals surface area contributed by atoms with Gasteiger partial charge in [-0.1, -0.05) is 6.42 Å². The topological polar surface area (TPSA) is 34.1 Å². The molecule has 2 heterocycles. The average Bonchev–Trinajstić information content (AvgIpc) is 2.30. The number of piperidine rings is 1. The Labute approximate surface area is 98.4 Å². The van der Waals surface area contributed by atoms with E-state index < -0.39 is 0 Å². The molecule has 1 fully saturated rings. The van der Waals surface area contributed by atoms with E-state index in [1.807, 2.05) is 12.1 Å². The summed E-state index contributed by atoms with van der Waals surface area (Å²) in [7, 11) is 0. The summed E-state index contributed by atoms with van der Waals surface area (Å²) in [5, 5.41) is 3.44. The van der Waals surface area contributed by atoms with Gasteiger partial charge in [-0.3, -0.25) is 0 Å². The standard InChI is InChI=1S/C11H15BrN2O/c12-9-4-5-11(14-7-9)15-8-10-3-1-2-6-13-10/h4-5,7,10,13H,1-3,6,8H2/t10-/m1/s1. The molecule has 4 heteroatoms. The minimum Gasteiger partial charge on any atom is -0.476 e. The summed E-state index contributed by atoms with van der Waals surface area (Å²) in [5.74, 6) is 0.700. The second kappa shape index (κ2) is 5.47. The van der Waals surface area contributed by atoms with Crippen LogP contribution in [-0.2, 0) is 0 Å². The molecular weight excluding hydrogens is 256 g/mol. The number of aromatic nitrogens is 1. The Morgan fingerprint density at radius 1 is 1.47 bits per heavy atom. The molecular formula is C11H15BrN2O. The van der Waals surface area contributed by atoms with Crippen molar-refractivity contribution in [3.63, 3.8) is 0 Å². The molecule has 1 aliphatic heterocycles. The van der Waals surface area contributed by atoms with Crippen LogP contribution in [0.15, 0.2) is 22.8 Å². The molecule has 15 heavy (non-hydrogen) atoms. The summed E-state index contributed by atoms with van der Waals surface area (Å²) in [6.07, 6.45) is 5.54. The number of hydrogen-bond donors (Lipinski definition) is 1. The van der Waals surface area contributed by atoms with Crippen molar-refractivity contribution in [1.82, 2.24) is 10.3 Å². The van der Waals surface area contributed by atoms with E-state index in [-0.39, 0.29) is 0 Å². The van der Waals surface area contributed by atoms with E-state index in [1.165, 1.54) is 19.3 Å². The number of rotatable bonds is 3. The third kappa shape index (κ3) is 3.47. The number of pyridine rings is 1. The first-order valence-corrected chi connectivity index (χ1v) is 6.11. The Hall–Kier alpha value is -0.610. The van der Waals surface area contributed by atoms with Crippen molar-refractivity contribution in [3.05, 3.63) is 22.8 Å². The lowest BCUT2D eigenvalue weighted by atomic mass is 10.1. The van der Waals surface area contributed by atoms with E-state index in [4.69, 9.17) is 4.74 Å². The molecule has 0 unspecified atom stereocenters. The van der Waals surface area contributed by atoms with Crippen molar-refractivity contribution >= 4 is 15.9 Å². The lowest BCUT2D eigenvalue weighted by Gasteiger charge is -2.23. The summed E-state index contributed by atoms with van der Waals surface area (Å²) in [4.78, 5) is 4.17. The van der Waals surface area contributed by atoms with Crippen LogP contribution in [0.2, 0.25) is 0 Å². The molecule has 1 aliphatic rings. The minimum absolute atomic E-state index is 0.490. The predicted octanol–water partition coefficient (Wildman–Crippen LogP) is 2.36. The summed E-state index contributed by atoms with van der Waals surface area (Å²) in [6.45, 7) is 1.83. The quantitative estimate of drug-likeness (QED) is 0.916. The van der Waals surface area contributed by atoms with Crippen LogP contribution in [0.5, 0.6) is 5.88 Å². The van der Waals surface area contributed by atoms with Gasteiger partial charge in [-0.2, -0.15) is 0 Å². The molecule has 1 N–H and O–H groups in total. The molecule has 0 saturated carbocycles. The monoisotopic (exact) mass is 270 g/mol. The van der Waals surface area contributed by atoms with Gasteiger partial charge in [0.25, 0.3) is 0 Å². The zero-order valence-electron chi connectivity index (χ0n) is 8.58. The van der Waals surface area contributed by atoms with Gasteiger partial charge < -0.3 is 10.1 Å². The van der Waals surface area contributed by atoms with Crippen LogP contribution in [0.4, 0.5) is 0 Å². The van der Waals surface area contributed by atoms with E-state index in [9.17, 15) is 0 Å². The SMILES string of the molecule is Brc1ccc(OC[C@H]2CCCCN2)nc1. The third-order valence-corrected chi connectivity index (χ3v) is 3.01. The highest BCUT2D eigenvalue weighted by atomic mass is 79.9. The Morgan fingerprint density at radius 3 is 3.07 bits per heavy atom. The van der Waals surface area contributed by atoms with Gasteiger partial charge in [-0.25, -0.2) is 4.98 Å². The van der Waals surface area contributed by atoms with Gasteiger partial charge in [0.05, 0.1) is 0 Å². The van der Waals surface area contributed by atoms with Crippen LogP contribution >= 0.6 is 15.9 Å².